The van der Waals surface area contributed by atoms with Crippen LogP contribution in [0.1, 0.15) is 0 Å². The van der Waals surface area contributed by atoms with Crippen LogP contribution in [-0.2, 0) is 0 Å². The van der Waals surface area contributed by atoms with E-state index in [4.69, 9.17) is 0 Å². The Morgan fingerprint density at radius 2 is 0.958 bits per heavy atom. The van der Waals surface area contributed by atoms with E-state index < -0.39 is 0 Å². The fraction of sp³-hybridized carbons (Fsp3) is 0. The van der Waals surface area contributed by atoms with Gasteiger partial charge in [-0.05, 0) is 92.4 Å². The van der Waals surface area contributed by atoms with Crippen molar-refractivity contribution in [1.82, 2.24) is 4.57 Å². The molecule has 0 saturated heterocycles. The smallest absolute Gasteiger partial charge is 0.0547 e. The molecular formula is C46H29NS. The molecule has 0 unspecified atom stereocenters. The number of rotatable bonds is 4. The molecule has 2 heteroatoms. The lowest BCUT2D eigenvalue weighted by Gasteiger charge is -2.23. The van der Waals surface area contributed by atoms with Crippen LogP contribution in [0.2, 0.25) is 0 Å². The second-order valence-corrected chi connectivity index (χ2v) is 13.5. The van der Waals surface area contributed by atoms with Crippen molar-refractivity contribution in [2.45, 2.75) is 9.79 Å². The minimum Gasteiger partial charge on any atom is -0.309 e. The number of fused-ring (bicyclic) bond motifs is 5. The zero-order valence-corrected chi connectivity index (χ0v) is 26.9. The van der Waals surface area contributed by atoms with Crippen LogP contribution >= 0.6 is 11.8 Å². The Balaban J connectivity index is 1.17. The molecule has 1 aliphatic rings. The third kappa shape index (κ3) is 4.13. The number of hydrogen-bond acceptors (Lipinski definition) is 1. The van der Waals surface area contributed by atoms with Gasteiger partial charge >= 0.3 is 0 Å². The SMILES string of the molecule is c1ccc(-c2ccc3c4c(cccc24)-c2cc(-c4ccccc4-c4cccc5c4c4ccccc4n5-c4ccccc4)ccc2S3)cc1. The van der Waals surface area contributed by atoms with E-state index in [1.807, 2.05) is 11.8 Å². The van der Waals surface area contributed by atoms with Crippen molar-refractivity contribution in [3.05, 3.63) is 176 Å². The summed E-state index contributed by atoms with van der Waals surface area (Å²) >= 11 is 1.88. The van der Waals surface area contributed by atoms with Crippen molar-refractivity contribution in [3.63, 3.8) is 0 Å². The molecule has 0 amide bonds. The zero-order chi connectivity index (χ0) is 31.6. The van der Waals surface area contributed by atoms with Gasteiger partial charge in [0.2, 0.25) is 0 Å². The van der Waals surface area contributed by atoms with E-state index in [1.54, 1.807) is 0 Å². The van der Waals surface area contributed by atoms with Crippen LogP contribution in [0, 0.1) is 0 Å². The van der Waals surface area contributed by atoms with Gasteiger partial charge in [0.25, 0.3) is 0 Å². The quantitative estimate of drug-likeness (QED) is 0.188. The molecule has 0 radical (unpaired) electrons. The lowest BCUT2D eigenvalue weighted by molar-refractivity contribution is 1.18. The summed E-state index contributed by atoms with van der Waals surface area (Å²) in [6.07, 6.45) is 0. The van der Waals surface area contributed by atoms with Crippen LogP contribution < -0.4 is 0 Å². The highest BCUT2D eigenvalue weighted by Gasteiger charge is 2.23. The first-order chi connectivity index (χ1) is 23.8. The normalized spacial score (nSPS) is 12.1. The van der Waals surface area contributed by atoms with Crippen molar-refractivity contribution in [1.29, 1.82) is 0 Å². The van der Waals surface area contributed by atoms with Crippen molar-refractivity contribution in [2.24, 2.45) is 0 Å². The molecule has 9 aromatic rings. The summed E-state index contributed by atoms with van der Waals surface area (Å²) in [6.45, 7) is 0. The van der Waals surface area contributed by atoms with E-state index in [9.17, 15) is 0 Å². The molecule has 224 valence electrons. The van der Waals surface area contributed by atoms with Crippen LogP contribution in [0.15, 0.2) is 186 Å². The van der Waals surface area contributed by atoms with Crippen molar-refractivity contribution in [2.75, 3.05) is 0 Å². The highest BCUT2D eigenvalue weighted by Crippen LogP contribution is 2.51. The molecule has 1 aromatic heterocycles. The molecule has 0 aliphatic carbocycles. The fourth-order valence-corrected chi connectivity index (χ4v) is 8.85. The van der Waals surface area contributed by atoms with E-state index in [1.165, 1.54) is 92.6 Å². The third-order valence-electron chi connectivity index (χ3n) is 9.82. The fourth-order valence-electron chi connectivity index (χ4n) is 7.74. The lowest BCUT2D eigenvalue weighted by atomic mass is 9.89. The van der Waals surface area contributed by atoms with Crippen LogP contribution in [0.3, 0.4) is 0 Å². The Labute approximate surface area is 283 Å². The monoisotopic (exact) mass is 627 g/mol. The minimum absolute atomic E-state index is 1.17. The van der Waals surface area contributed by atoms with E-state index >= 15 is 0 Å². The topological polar surface area (TPSA) is 4.93 Å². The molecule has 0 spiro atoms. The lowest BCUT2D eigenvalue weighted by Crippen LogP contribution is -1.95. The molecule has 0 fully saturated rings. The largest absolute Gasteiger partial charge is 0.309 e. The Kier molecular flexibility index (Phi) is 6.18. The minimum atomic E-state index is 1.17. The summed E-state index contributed by atoms with van der Waals surface area (Å²) in [5.41, 5.74) is 13.7. The number of para-hydroxylation sites is 2. The van der Waals surface area contributed by atoms with Crippen LogP contribution in [0.5, 0.6) is 0 Å². The maximum absolute atomic E-state index is 2.42. The van der Waals surface area contributed by atoms with Crippen molar-refractivity contribution in [3.8, 4) is 50.2 Å². The summed E-state index contributed by atoms with van der Waals surface area (Å²) in [5.74, 6) is 0. The first kappa shape index (κ1) is 27.3. The van der Waals surface area contributed by atoms with Crippen LogP contribution in [-0.4, -0.2) is 4.57 Å². The molecular weight excluding hydrogens is 599 g/mol. The average Bonchev–Trinajstić information content (AvgIpc) is 3.50. The summed E-state index contributed by atoms with van der Waals surface area (Å²) in [5, 5.41) is 5.20. The summed E-state index contributed by atoms with van der Waals surface area (Å²) in [4.78, 5) is 2.62. The predicted molar refractivity (Wildman–Crippen MR) is 204 cm³/mol. The Hall–Kier alpha value is -5.83. The molecule has 48 heavy (non-hydrogen) atoms. The van der Waals surface area contributed by atoms with Gasteiger partial charge in [-0.25, -0.2) is 0 Å². The second-order valence-electron chi connectivity index (χ2n) is 12.5. The maximum Gasteiger partial charge on any atom is 0.0547 e. The Morgan fingerprint density at radius 3 is 1.81 bits per heavy atom. The molecule has 1 aliphatic heterocycles. The first-order valence-electron chi connectivity index (χ1n) is 16.4. The van der Waals surface area contributed by atoms with E-state index in [2.05, 4.69) is 180 Å². The number of hydrogen-bond donors (Lipinski definition) is 0. The summed E-state index contributed by atoms with van der Waals surface area (Å²) in [7, 11) is 0. The number of aromatic nitrogens is 1. The molecule has 8 aromatic carbocycles. The van der Waals surface area contributed by atoms with E-state index in [0.29, 0.717) is 0 Å². The number of benzene rings is 8. The predicted octanol–water partition coefficient (Wildman–Crippen LogP) is 13.1. The van der Waals surface area contributed by atoms with Gasteiger partial charge in [-0.3, -0.25) is 0 Å². The molecule has 10 rings (SSSR count). The Bertz CT molecular complexity index is 2690. The standard InChI is InChI=1S/C46H29NS/c1-3-13-30(14-4-1)34-26-28-44-46-36(34)20-11-21-38(46)40-29-31(25-27-43(40)48-44)33-17-7-8-18-35(33)37-22-12-24-42-45(37)39-19-9-10-23-41(39)47(42)32-15-5-2-6-16-32/h1-29H. The van der Waals surface area contributed by atoms with Crippen molar-refractivity contribution < 1.29 is 0 Å². The van der Waals surface area contributed by atoms with Gasteiger partial charge in [-0.15, -0.1) is 0 Å². The molecule has 0 N–H and O–H groups in total. The van der Waals surface area contributed by atoms with Crippen LogP contribution in [0.25, 0.3) is 82.8 Å². The molecule has 0 bridgehead atoms. The molecule has 0 atom stereocenters. The average molecular weight is 628 g/mol. The Morgan fingerprint density at radius 1 is 0.333 bits per heavy atom. The van der Waals surface area contributed by atoms with E-state index in [0.717, 1.165) is 0 Å². The highest BCUT2D eigenvalue weighted by atomic mass is 32.2. The first-order valence-corrected chi connectivity index (χ1v) is 17.3. The molecule has 1 nitrogen and oxygen atoms in total. The zero-order valence-electron chi connectivity index (χ0n) is 26.1. The second kappa shape index (κ2) is 10.9. The van der Waals surface area contributed by atoms with E-state index in [-0.39, 0.29) is 0 Å². The summed E-state index contributed by atoms with van der Waals surface area (Å²) < 4.78 is 2.40. The highest BCUT2D eigenvalue weighted by molar-refractivity contribution is 7.99. The van der Waals surface area contributed by atoms with Gasteiger partial charge in [0, 0.05) is 31.6 Å². The van der Waals surface area contributed by atoms with Crippen LogP contribution in [0.4, 0.5) is 0 Å². The van der Waals surface area contributed by atoms with Gasteiger partial charge in [0.1, 0.15) is 0 Å². The molecule has 2 heterocycles. The van der Waals surface area contributed by atoms with Gasteiger partial charge < -0.3 is 4.57 Å². The van der Waals surface area contributed by atoms with Gasteiger partial charge in [-0.2, -0.15) is 0 Å². The van der Waals surface area contributed by atoms with Gasteiger partial charge in [0.15, 0.2) is 0 Å². The molecule has 0 saturated carbocycles. The number of nitrogens with zero attached hydrogens (tertiary/aromatic N) is 1. The van der Waals surface area contributed by atoms with Gasteiger partial charge in [0.05, 0.1) is 11.0 Å². The van der Waals surface area contributed by atoms with Crippen molar-refractivity contribution >= 4 is 44.3 Å². The third-order valence-corrected chi connectivity index (χ3v) is 11.0. The summed E-state index contributed by atoms with van der Waals surface area (Å²) in [6, 6.07) is 64.3. The maximum atomic E-state index is 2.42. The van der Waals surface area contributed by atoms with Gasteiger partial charge in [-0.1, -0.05) is 145 Å².